The molecule has 1 amide bonds. The van der Waals surface area contributed by atoms with E-state index in [1.54, 1.807) is 4.90 Å². The summed E-state index contributed by atoms with van der Waals surface area (Å²) in [5, 5.41) is 17.5. The second kappa shape index (κ2) is 6.83. The van der Waals surface area contributed by atoms with Gasteiger partial charge in [0.05, 0.1) is 30.3 Å². The number of hydrogen-bond acceptors (Lipinski definition) is 5. The molecule has 1 saturated heterocycles. The van der Waals surface area contributed by atoms with Crippen molar-refractivity contribution in [3.63, 3.8) is 0 Å². The van der Waals surface area contributed by atoms with E-state index in [1.807, 2.05) is 6.92 Å². The minimum atomic E-state index is -0.925. The molecule has 0 spiro atoms. The number of thioether (sulfide) groups is 1. The minimum Gasteiger partial charge on any atom is -0.481 e. The van der Waals surface area contributed by atoms with Crippen LogP contribution in [0.4, 0.5) is 0 Å². The lowest BCUT2D eigenvalue weighted by Gasteiger charge is -2.36. The van der Waals surface area contributed by atoms with Crippen LogP contribution in [0.1, 0.15) is 6.92 Å². The predicted octanol–water partition coefficient (Wildman–Crippen LogP) is -0.588. The number of carboxylic acids is 1. The van der Waals surface area contributed by atoms with Crippen molar-refractivity contribution >= 4 is 23.6 Å². The Morgan fingerprint density at radius 3 is 2.71 bits per heavy atom. The average molecular weight is 263 g/mol. The first-order valence-electron chi connectivity index (χ1n) is 5.36. The van der Waals surface area contributed by atoms with Gasteiger partial charge in [-0.3, -0.25) is 9.59 Å². The summed E-state index contributed by atoms with van der Waals surface area (Å²) in [7, 11) is 0. The van der Waals surface area contributed by atoms with Crippen molar-refractivity contribution in [2.75, 3.05) is 31.2 Å². The number of aliphatic hydroxyl groups excluding tert-OH is 1. The van der Waals surface area contributed by atoms with E-state index in [4.69, 9.17) is 14.9 Å². The Morgan fingerprint density at radius 1 is 1.41 bits per heavy atom. The first-order chi connectivity index (χ1) is 8.02. The molecule has 0 aromatic carbocycles. The first kappa shape index (κ1) is 14.3. The summed E-state index contributed by atoms with van der Waals surface area (Å²) < 4.78 is 5.41. The zero-order valence-electron chi connectivity index (χ0n) is 9.66. The summed E-state index contributed by atoms with van der Waals surface area (Å²) in [6, 6.07) is 0. The van der Waals surface area contributed by atoms with Crippen molar-refractivity contribution in [1.29, 1.82) is 0 Å². The first-order valence-corrected chi connectivity index (χ1v) is 6.52. The average Bonchev–Trinajstić information content (AvgIpc) is 2.27. The van der Waals surface area contributed by atoms with E-state index in [-0.39, 0.29) is 36.2 Å². The quantitative estimate of drug-likeness (QED) is 0.689. The number of amides is 1. The van der Waals surface area contributed by atoms with Crippen molar-refractivity contribution in [2.24, 2.45) is 0 Å². The smallest absolute Gasteiger partial charge is 0.313 e. The number of carboxylic acid groups (broad SMARTS) is 1. The molecule has 1 aliphatic heterocycles. The fourth-order valence-electron chi connectivity index (χ4n) is 1.67. The molecule has 0 bridgehead atoms. The lowest BCUT2D eigenvalue weighted by Crippen LogP contribution is -2.50. The van der Waals surface area contributed by atoms with E-state index < -0.39 is 5.97 Å². The molecule has 2 N–H and O–H groups in total. The normalized spacial score (nSPS) is 24.7. The molecule has 6 nitrogen and oxygen atoms in total. The maximum absolute atomic E-state index is 11.8. The van der Waals surface area contributed by atoms with E-state index in [0.29, 0.717) is 13.1 Å². The lowest BCUT2D eigenvalue weighted by atomic mass is 10.2. The summed E-state index contributed by atoms with van der Waals surface area (Å²) in [5.74, 6) is -0.956. The standard InChI is InChI=1S/C10H17NO5S/c1-7-2-11(3-8(4-12)16-7)9(13)5-17-6-10(14)15/h7-8,12H,2-6H2,1H3,(H,14,15). The van der Waals surface area contributed by atoms with Gasteiger partial charge >= 0.3 is 5.97 Å². The van der Waals surface area contributed by atoms with Crippen LogP contribution >= 0.6 is 11.8 Å². The van der Waals surface area contributed by atoms with Crippen LogP contribution in [0.3, 0.4) is 0 Å². The molecule has 17 heavy (non-hydrogen) atoms. The molecule has 0 radical (unpaired) electrons. The second-order valence-corrected chi connectivity index (χ2v) is 4.92. The van der Waals surface area contributed by atoms with Crippen molar-refractivity contribution in [2.45, 2.75) is 19.1 Å². The number of carbonyl (C=O) groups is 2. The van der Waals surface area contributed by atoms with Gasteiger partial charge in [0, 0.05) is 13.1 Å². The molecule has 2 atom stereocenters. The molecule has 0 aromatic rings. The number of rotatable bonds is 5. The molecule has 1 fully saturated rings. The fourth-order valence-corrected chi connectivity index (χ4v) is 2.30. The van der Waals surface area contributed by atoms with Crippen LogP contribution in [0.5, 0.6) is 0 Å². The van der Waals surface area contributed by atoms with Crippen LogP contribution in [0, 0.1) is 0 Å². The molecular formula is C10H17NO5S. The molecule has 98 valence electrons. The van der Waals surface area contributed by atoms with Gasteiger partial charge in [-0.1, -0.05) is 0 Å². The SMILES string of the molecule is CC1CN(C(=O)CSCC(=O)O)CC(CO)O1. The minimum absolute atomic E-state index is 0.0743. The number of aliphatic hydroxyl groups is 1. The van der Waals surface area contributed by atoms with E-state index >= 15 is 0 Å². The summed E-state index contributed by atoms with van der Waals surface area (Å²) >= 11 is 1.08. The molecular weight excluding hydrogens is 246 g/mol. The monoisotopic (exact) mass is 263 g/mol. The van der Waals surface area contributed by atoms with Crippen molar-refractivity contribution in [3.8, 4) is 0 Å². The van der Waals surface area contributed by atoms with Crippen molar-refractivity contribution < 1.29 is 24.5 Å². The van der Waals surface area contributed by atoms with Crippen molar-refractivity contribution in [1.82, 2.24) is 4.90 Å². The van der Waals surface area contributed by atoms with Crippen LogP contribution in [0.25, 0.3) is 0 Å². The van der Waals surface area contributed by atoms with E-state index in [0.717, 1.165) is 11.8 Å². The molecule has 0 aromatic heterocycles. The van der Waals surface area contributed by atoms with E-state index in [2.05, 4.69) is 0 Å². The third-order valence-electron chi connectivity index (χ3n) is 2.33. The maximum Gasteiger partial charge on any atom is 0.313 e. The van der Waals surface area contributed by atoms with Crippen LogP contribution in [0.2, 0.25) is 0 Å². The van der Waals surface area contributed by atoms with Gasteiger partial charge in [-0.2, -0.15) is 0 Å². The molecule has 1 rings (SSSR count). The highest BCUT2D eigenvalue weighted by atomic mass is 32.2. The van der Waals surface area contributed by atoms with Gasteiger partial charge in [-0.25, -0.2) is 0 Å². The fraction of sp³-hybridized carbons (Fsp3) is 0.800. The van der Waals surface area contributed by atoms with Crippen LogP contribution in [-0.2, 0) is 14.3 Å². The Hall–Kier alpha value is -0.790. The third kappa shape index (κ3) is 4.93. The number of morpholine rings is 1. The van der Waals surface area contributed by atoms with Crippen LogP contribution in [0.15, 0.2) is 0 Å². The number of hydrogen-bond donors (Lipinski definition) is 2. The number of nitrogens with zero attached hydrogens (tertiary/aromatic N) is 1. The summed E-state index contributed by atoms with van der Waals surface area (Å²) in [6.45, 7) is 2.58. The third-order valence-corrected chi connectivity index (χ3v) is 3.24. The number of aliphatic carboxylic acids is 1. The lowest BCUT2D eigenvalue weighted by molar-refractivity contribution is -0.144. The molecule has 0 saturated carbocycles. The zero-order chi connectivity index (χ0) is 12.8. The second-order valence-electron chi connectivity index (χ2n) is 3.94. The molecule has 1 heterocycles. The summed E-state index contributed by atoms with van der Waals surface area (Å²) in [5.41, 5.74) is 0. The van der Waals surface area contributed by atoms with Gasteiger partial charge in [-0.05, 0) is 6.92 Å². The van der Waals surface area contributed by atoms with Gasteiger partial charge in [-0.15, -0.1) is 11.8 Å². The molecule has 7 heteroatoms. The highest BCUT2D eigenvalue weighted by Crippen LogP contribution is 2.12. The highest BCUT2D eigenvalue weighted by Gasteiger charge is 2.27. The van der Waals surface area contributed by atoms with Gasteiger partial charge in [0.25, 0.3) is 0 Å². The topological polar surface area (TPSA) is 87.1 Å². The maximum atomic E-state index is 11.8. The predicted molar refractivity (Wildman–Crippen MR) is 63.0 cm³/mol. The Kier molecular flexibility index (Phi) is 5.73. The zero-order valence-corrected chi connectivity index (χ0v) is 10.5. The van der Waals surface area contributed by atoms with Gasteiger partial charge in [0.2, 0.25) is 5.91 Å². The Balaban J connectivity index is 2.37. The Labute approximate surface area is 104 Å². The van der Waals surface area contributed by atoms with Gasteiger partial charge in [0.15, 0.2) is 0 Å². The van der Waals surface area contributed by atoms with Gasteiger partial charge in [0.1, 0.15) is 0 Å². The van der Waals surface area contributed by atoms with Gasteiger partial charge < -0.3 is 19.8 Å². The Morgan fingerprint density at radius 2 is 2.12 bits per heavy atom. The molecule has 2 unspecified atom stereocenters. The summed E-state index contributed by atoms with van der Waals surface area (Å²) in [4.78, 5) is 23.7. The van der Waals surface area contributed by atoms with E-state index in [1.165, 1.54) is 0 Å². The van der Waals surface area contributed by atoms with E-state index in [9.17, 15) is 9.59 Å². The van der Waals surface area contributed by atoms with Crippen molar-refractivity contribution in [3.05, 3.63) is 0 Å². The molecule has 0 aliphatic carbocycles. The number of carbonyl (C=O) groups excluding carboxylic acids is 1. The van der Waals surface area contributed by atoms with Crippen LogP contribution in [-0.4, -0.2) is 70.4 Å². The summed E-state index contributed by atoms with van der Waals surface area (Å²) in [6.07, 6.45) is -0.443. The highest BCUT2D eigenvalue weighted by molar-refractivity contribution is 8.00. The molecule has 1 aliphatic rings. The number of ether oxygens (including phenoxy) is 1. The van der Waals surface area contributed by atoms with Crippen LogP contribution < -0.4 is 0 Å². The largest absolute Gasteiger partial charge is 0.481 e. The Bertz CT molecular complexity index is 286.